The minimum atomic E-state index is -0.329. The average molecular weight is 474 g/mol. The van der Waals surface area contributed by atoms with Crippen molar-refractivity contribution in [3.8, 4) is 11.4 Å². The summed E-state index contributed by atoms with van der Waals surface area (Å²) in [6.45, 7) is 2.62. The first-order chi connectivity index (χ1) is 17.6. The molecule has 5 nitrogen and oxygen atoms in total. The monoisotopic (exact) mass is 473 g/mol. The van der Waals surface area contributed by atoms with Crippen LogP contribution in [0.15, 0.2) is 84.1 Å². The van der Waals surface area contributed by atoms with E-state index in [0.29, 0.717) is 17.1 Å². The van der Waals surface area contributed by atoms with Crippen molar-refractivity contribution in [1.82, 2.24) is 25.5 Å². The molecule has 6 heteroatoms. The molecular formula is C30H24FN5. The molecule has 2 bridgehead atoms. The Balaban J connectivity index is 1.31. The van der Waals surface area contributed by atoms with Gasteiger partial charge in [-0.1, -0.05) is 41.7 Å². The lowest BCUT2D eigenvalue weighted by atomic mass is 9.96. The standard InChI is InChI=1S/C30H24FN5/c1-19-27(31)10-12-29(35-19)30-26(18-34-36-30)22-3-2-4-23-16-24(17-33-28(23)11-8-22)21-6-5-20-13-14-32-25(15-20)9-7-21/h2-4,6-8,10-12,15-18,32H,5,13-14H2,1H3,(H,34,36)/b3-2?,4-2+,11-8-,21-6+,22-3-,22-8?,23-4?,28-11?. The van der Waals surface area contributed by atoms with Crippen LogP contribution in [0.1, 0.15) is 40.9 Å². The Morgan fingerprint density at radius 1 is 1.11 bits per heavy atom. The quantitative estimate of drug-likeness (QED) is 0.446. The number of rotatable bonds is 3. The molecule has 0 spiro atoms. The SMILES string of the molecule is Cc1nc(-c2n[nH]cc2C2=C\C=C\c3cc(/C4=C/CC5=CC(=C=C4)NCC5)cnc3/C=C\2)ccc1F. The Morgan fingerprint density at radius 2 is 2.06 bits per heavy atom. The van der Waals surface area contributed by atoms with Gasteiger partial charge >= 0.3 is 0 Å². The average Bonchev–Trinajstić information content (AvgIpc) is 3.35. The minimum Gasteiger partial charge on any atom is -0.378 e. The van der Waals surface area contributed by atoms with Crippen LogP contribution in [0.3, 0.4) is 0 Å². The van der Waals surface area contributed by atoms with Crippen molar-refractivity contribution in [3.05, 3.63) is 118 Å². The molecule has 36 heavy (non-hydrogen) atoms. The van der Waals surface area contributed by atoms with Gasteiger partial charge in [0.25, 0.3) is 0 Å². The number of pyridine rings is 2. The molecule has 2 N–H and O–H groups in total. The second-order valence-corrected chi connectivity index (χ2v) is 8.97. The molecule has 0 saturated heterocycles. The fraction of sp³-hybridized carbons (Fsp3) is 0.133. The number of allylic oxidation sites excluding steroid dienone is 7. The summed E-state index contributed by atoms with van der Waals surface area (Å²) in [5.41, 5.74) is 13.5. The van der Waals surface area contributed by atoms with Crippen LogP contribution in [-0.2, 0) is 0 Å². The topological polar surface area (TPSA) is 66.5 Å². The number of hydrogen-bond donors (Lipinski definition) is 2. The van der Waals surface area contributed by atoms with Crippen LogP contribution in [0, 0.1) is 12.7 Å². The maximum atomic E-state index is 13.7. The highest BCUT2D eigenvalue weighted by molar-refractivity contribution is 5.88. The highest BCUT2D eigenvalue weighted by Gasteiger charge is 2.15. The van der Waals surface area contributed by atoms with E-state index in [2.05, 4.69) is 50.5 Å². The van der Waals surface area contributed by atoms with Gasteiger partial charge in [-0.3, -0.25) is 10.1 Å². The first-order valence-electron chi connectivity index (χ1n) is 12.0. The molecule has 0 aromatic carbocycles. The van der Waals surface area contributed by atoms with E-state index in [9.17, 15) is 4.39 Å². The molecule has 0 radical (unpaired) electrons. The van der Waals surface area contributed by atoms with Gasteiger partial charge < -0.3 is 5.32 Å². The molecule has 3 aliphatic rings. The van der Waals surface area contributed by atoms with E-state index in [1.54, 1.807) is 13.0 Å². The smallest absolute Gasteiger partial charge is 0.144 e. The number of hydrogen-bond acceptors (Lipinski definition) is 4. The largest absolute Gasteiger partial charge is 0.378 e. The second kappa shape index (κ2) is 9.25. The van der Waals surface area contributed by atoms with Gasteiger partial charge in [-0.05, 0) is 67.3 Å². The van der Waals surface area contributed by atoms with Crippen molar-refractivity contribution < 1.29 is 4.39 Å². The number of halogens is 1. The fourth-order valence-corrected chi connectivity index (χ4v) is 4.56. The predicted molar refractivity (Wildman–Crippen MR) is 142 cm³/mol. The summed E-state index contributed by atoms with van der Waals surface area (Å²) in [5, 5.41) is 10.7. The third-order valence-electron chi connectivity index (χ3n) is 6.55. The van der Waals surface area contributed by atoms with Crippen molar-refractivity contribution in [2.24, 2.45) is 0 Å². The lowest BCUT2D eigenvalue weighted by molar-refractivity contribution is 0.610. The number of aromatic nitrogens is 4. The molecule has 0 saturated carbocycles. The number of aryl methyl sites for hydroxylation is 1. The summed E-state index contributed by atoms with van der Waals surface area (Å²) in [4.78, 5) is 9.14. The third-order valence-corrected chi connectivity index (χ3v) is 6.55. The van der Waals surface area contributed by atoms with Crippen molar-refractivity contribution in [2.45, 2.75) is 19.8 Å². The number of H-pyrrole nitrogens is 1. The summed E-state index contributed by atoms with van der Waals surface area (Å²) in [6.07, 6.45) is 22.4. The Morgan fingerprint density at radius 3 is 2.97 bits per heavy atom. The van der Waals surface area contributed by atoms with Gasteiger partial charge in [-0.15, -0.1) is 0 Å². The molecule has 2 aliphatic carbocycles. The van der Waals surface area contributed by atoms with Crippen molar-refractivity contribution in [3.63, 3.8) is 0 Å². The normalized spacial score (nSPS) is 21.1. The van der Waals surface area contributed by atoms with Crippen molar-refractivity contribution >= 4 is 23.3 Å². The van der Waals surface area contributed by atoms with E-state index < -0.39 is 0 Å². The first-order valence-corrected chi connectivity index (χ1v) is 12.0. The van der Waals surface area contributed by atoms with Gasteiger partial charge in [0.05, 0.1) is 22.8 Å². The molecule has 3 aromatic rings. The van der Waals surface area contributed by atoms with Crippen molar-refractivity contribution in [2.75, 3.05) is 6.54 Å². The Bertz CT molecular complexity index is 1590. The summed E-state index contributed by atoms with van der Waals surface area (Å²) in [7, 11) is 0. The van der Waals surface area contributed by atoms with Gasteiger partial charge in [0.1, 0.15) is 11.5 Å². The second-order valence-electron chi connectivity index (χ2n) is 8.97. The number of aromatic amines is 1. The van der Waals surface area contributed by atoms with E-state index in [1.165, 1.54) is 11.6 Å². The Kier molecular flexibility index (Phi) is 5.64. The highest BCUT2D eigenvalue weighted by Crippen LogP contribution is 2.30. The predicted octanol–water partition coefficient (Wildman–Crippen LogP) is 6.18. The van der Waals surface area contributed by atoms with Crippen LogP contribution >= 0.6 is 0 Å². The number of nitrogens with one attached hydrogen (secondary N) is 2. The molecular weight excluding hydrogens is 449 g/mol. The molecule has 0 unspecified atom stereocenters. The molecule has 4 heterocycles. The molecule has 176 valence electrons. The van der Waals surface area contributed by atoms with Crippen LogP contribution in [0.5, 0.6) is 0 Å². The van der Waals surface area contributed by atoms with E-state index in [0.717, 1.165) is 58.6 Å². The summed E-state index contributed by atoms with van der Waals surface area (Å²) in [5.74, 6) is -0.329. The van der Waals surface area contributed by atoms with E-state index in [4.69, 9.17) is 4.98 Å². The van der Waals surface area contributed by atoms with E-state index in [-0.39, 0.29) is 5.82 Å². The van der Waals surface area contributed by atoms with E-state index >= 15 is 0 Å². The van der Waals surface area contributed by atoms with Gasteiger partial charge in [0, 0.05) is 35.6 Å². The van der Waals surface area contributed by atoms with Gasteiger partial charge in [0.2, 0.25) is 0 Å². The minimum absolute atomic E-state index is 0.329. The zero-order chi connectivity index (χ0) is 24.5. The van der Waals surface area contributed by atoms with Gasteiger partial charge in [-0.25, -0.2) is 9.37 Å². The van der Waals surface area contributed by atoms with Crippen LogP contribution in [0.25, 0.3) is 34.7 Å². The molecule has 1 aliphatic heterocycles. The van der Waals surface area contributed by atoms with Crippen LogP contribution in [0.2, 0.25) is 0 Å². The summed E-state index contributed by atoms with van der Waals surface area (Å²) in [6, 6.07) is 5.25. The van der Waals surface area contributed by atoms with Crippen molar-refractivity contribution in [1.29, 1.82) is 0 Å². The van der Waals surface area contributed by atoms with Crippen LogP contribution < -0.4 is 5.32 Å². The summed E-state index contributed by atoms with van der Waals surface area (Å²) >= 11 is 0. The number of fused-ring (bicyclic) bond motifs is 2. The van der Waals surface area contributed by atoms with E-state index in [1.807, 2.05) is 42.8 Å². The van der Waals surface area contributed by atoms with Gasteiger partial charge in [-0.2, -0.15) is 5.10 Å². The zero-order valence-corrected chi connectivity index (χ0v) is 19.8. The fourth-order valence-electron chi connectivity index (χ4n) is 4.56. The molecule has 0 amide bonds. The molecule has 3 aromatic heterocycles. The molecule has 0 fully saturated rings. The lowest BCUT2D eigenvalue weighted by Gasteiger charge is -2.17. The zero-order valence-electron chi connectivity index (χ0n) is 19.8. The first kappa shape index (κ1) is 22.0. The van der Waals surface area contributed by atoms with Gasteiger partial charge in [0.15, 0.2) is 0 Å². The highest BCUT2D eigenvalue weighted by atomic mass is 19.1. The molecule has 6 rings (SSSR count). The summed E-state index contributed by atoms with van der Waals surface area (Å²) < 4.78 is 13.7. The lowest BCUT2D eigenvalue weighted by Crippen LogP contribution is -2.18. The van der Waals surface area contributed by atoms with Crippen LogP contribution in [-0.4, -0.2) is 26.7 Å². The van der Waals surface area contributed by atoms with Crippen LogP contribution in [0.4, 0.5) is 4.39 Å². The maximum absolute atomic E-state index is 13.7. The Labute approximate surface area is 208 Å². The maximum Gasteiger partial charge on any atom is 0.144 e. The number of nitrogens with zero attached hydrogens (tertiary/aromatic N) is 3. The Hall–Kier alpha value is -4.54. The molecule has 0 atom stereocenters. The third kappa shape index (κ3) is 4.30.